The average molecular weight is 270 g/mol. The predicted octanol–water partition coefficient (Wildman–Crippen LogP) is 2.14. The van der Waals surface area contributed by atoms with Crippen molar-refractivity contribution in [1.29, 1.82) is 0 Å². The molecule has 18 heavy (non-hydrogen) atoms. The van der Waals surface area contributed by atoms with Gasteiger partial charge in [-0.2, -0.15) is 11.3 Å². The Bertz CT molecular complexity index is 392. The van der Waals surface area contributed by atoms with Gasteiger partial charge in [-0.15, -0.1) is 0 Å². The molecular formula is C12H18N2O3S. The zero-order valence-corrected chi connectivity index (χ0v) is 11.4. The van der Waals surface area contributed by atoms with Crippen LogP contribution >= 0.6 is 11.3 Å². The molecule has 2 N–H and O–H groups in total. The van der Waals surface area contributed by atoms with Gasteiger partial charge >= 0.3 is 12.0 Å². The number of aliphatic carboxylic acids is 1. The molecular weight excluding hydrogens is 252 g/mol. The molecule has 0 aliphatic heterocycles. The summed E-state index contributed by atoms with van der Waals surface area (Å²) in [4.78, 5) is 24.0. The van der Waals surface area contributed by atoms with Crippen LogP contribution in [0.5, 0.6) is 0 Å². The van der Waals surface area contributed by atoms with Crippen molar-refractivity contribution in [3.63, 3.8) is 0 Å². The summed E-state index contributed by atoms with van der Waals surface area (Å²) in [7, 11) is 1.69. The highest BCUT2D eigenvalue weighted by molar-refractivity contribution is 7.07. The predicted molar refractivity (Wildman–Crippen MR) is 70.6 cm³/mol. The number of carbonyl (C=O) groups is 2. The van der Waals surface area contributed by atoms with Gasteiger partial charge in [0.15, 0.2) is 0 Å². The Morgan fingerprint density at radius 1 is 1.56 bits per heavy atom. The molecule has 1 unspecified atom stereocenters. The van der Waals surface area contributed by atoms with Crippen LogP contribution in [0.15, 0.2) is 16.8 Å². The monoisotopic (exact) mass is 270 g/mol. The highest BCUT2D eigenvalue weighted by Gasteiger charge is 2.16. The molecule has 5 nitrogen and oxygen atoms in total. The third kappa shape index (κ3) is 4.75. The van der Waals surface area contributed by atoms with Crippen molar-refractivity contribution < 1.29 is 14.7 Å². The lowest BCUT2D eigenvalue weighted by molar-refractivity contribution is -0.137. The summed E-state index contributed by atoms with van der Waals surface area (Å²) < 4.78 is 0. The van der Waals surface area contributed by atoms with Crippen molar-refractivity contribution in [2.24, 2.45) is 0 Å². The van der Waals surface area contributed by atoms with Crippen LogP contribution in [0.25, 0.3) is 0 Å². The molecule has 1 aromatic heterocycles. The second kappa shape index (κ2) is 7.00. The molecule has 1 rings (SSSR count). The Balaban J connectivity index is 2.45. The van der Waals surface area contributed by atoms with E-state index in [1.165, 1.54) is 0 Å². The summed E-state index contributed by atoms with van der Waals surface area (Å²) in [6.45, 7) is 2.38. The fraction of sp³-hybridized carbons (Fsp3) is 0.500. The summed E-state index contributed by atoms with van der Waals surface area (Å²) in [5.74, 6) is -0.900. The number of hydrogen-bond acceptors (Lipinski definition) is 3. The second-order valence-electron chi connectivity index (χ2n) is 4.14. The van der Waals surface area contributed by atoms with Gasteiger partial charge in [0, 0.05) is 19.6 Å². The first-order valence-corrected chi connectivity index (χ1v) is 6.71. The van der Waals surface area contributed by atoms with Crippen LogP contribution in [0.1, 0.15) is 25.3 Å². The number of nitrogens with zero attached hydrogens (tertiary/aromatic N) is 1. The lowest BCUT2D eigenvalue weighted by Gasteiger charge is -2.21. The lowest BCUT2D eigenvalue weighted by atomic mass is 10.1. The molecule has 0 fully saturated rings. The maximum absolute atomic E-state index is 11.8. The van der Waals surface area contributed by atoms with Crippen molar-refractivity contribution in [3.05, 3.63) is 22.4 Å². The van der Waals surface area contributed by atoms with Crippen LogP contribution in [0.3, 0.4) is 0 Å². The number of rotatable bonds is 6. The highest BCUT2D eigenvalue weighted by Crippen LogP contribution is 2.08. The van der Waals surface area contributed by atoms with Crippen molar-refractivity contribution in [3.8, 4) is 0 Å². The number of hydrogen-bond donors (Lipinski definition) is 2. The molecule has 0 radical (unpaired) electrons. The number of amides is 2. The smallest absolute Gasteiger partial charge is 0.317 e. The molecule has 1 aromatic rings. The molecule has 0 saturated heterocycles. The molecule has 0 saturated carbocycles. The van der Waals surface area contributed by atoms with Crippen LogP contribution in [-0.4, -0.2) is 35.1 Å². The topological polar surface area (TPSA) is 69.6 Å². The lowest BCUT2D eigenvalue weighted by Crippen LogP contribution is -2.43. The maximum Gasteiger partial charge on any atom is 0.317 e. The van der Waals surface area contributed by atoms with Gasteiger partial charge in [0.2, 0.25) is 0 Å². The normalized spacial score (nSPS) is 11.9. The van der Waals surface area contributed by atoms with E-state index in [4.69, 9.17) is 5.11 Å². The van der Waals surface area contributed by atoms with Crippen LogP contribution in [0, 0.1) is 0 Å². The molecule has 0 aliphatic carbocycles. The molecule has 0 aliphatic rings. The van der Waals surface area contributed by atoms with E-state index in [1.54, 1.807) is 23.3 Å². The Morgan fingerprint density at radius 3 is 2.78 bits per heavy atom. The number of carboxylic acids is 1. The third-order valence-electron chi connectivity index (χ3n) is 2.59. The Labute approximate surface area is 110 Å². The van der Waals surface area contributed by atoms with E-state index in [0.29, 0.717) is 13.0 Å². The Kier molecular flexibility index (Phi) is 5.64. The third-order valence-corrected chi connectivity index (χ3v) is 3.32. The number of carboxylic acid groups (broad SMARTS) is 1. The van der Waals surface area contributed by atoms with Crippen molar-refractivity contribution >= 4 is 23.3 Å². The fourth-order valence-electron chi connectivity index (χ4n) is 1.52. The Morgan fingerprint density at radius 2 is 2.28 bits per heavy atom. The van der Waals surface area contributed by atoms with Gasteiger partial charge < -0.3 is 15.3 Å². The van der Waals surface area contributed by atoms with Gasteiger partial charge in [0.1, 0.15) is 0 Å². The standard InChI is InChI=1S/C12H18N2O3S/c1-3-10(6-11(15)16)13-12(17)14(2)7-9-4-5-18-8-9/h4-5,8,10H,3,6-7H2,1-2H3,(H,13,17)(H,15,16). The molecule has 0 aromatic carbocycles. The number of urea groups is 1. The zero-order valence-electron chi connectivity index (χ0n) is 10.5. The average Bonchev–Trinajstić information content (AvgIpc) is 2.80. The van der Waals surface area contributed by atoms with Crippen LogP contribution in [-0.2, 0) is 11.3 Å². The quantitative estimate of drug-likeness (QED) is 0.832. The van der Waals surface area contributed by atoms with Gasteiger partial charge in [0.25, 0.3) is 0 Å². The second-order valence-corrected chi connectivity index (χ2v) is 4.92. The zero-order chi connectivity index (χ0) is 13.5. The van der Waals surface area contributed by atoms with Gasteiger partial charge in [-0.1, -0.05) is 6.92 Å². The largest absolute Gasteiger partial charge is 0.481 e. The first-order chi connectivity index (χ1) is 8.52. The highest BCUT2D eigenvalue weighted by atomic mass is 32.1. The van der Waals surface area contributed by atoms with Crippen molar-refractivity contribution in [2.45, 2.75) is 32.4 Å². The molecule has 1 heterocycles. The van der Waals surface area contributed by atoms with E-state index in [9.17, 15) is 9.59 Å². The first kappa shape index (κ1) is 14.5. The summed E-state index contributed by atoms with van der Waals surface area (Å²) in [5.41, 5.74) is 1.07. The minimum atomic E-state index is -0.900. The van der Waals surface area contributed by atoms with E-state index in [-0.39, 0.29) is 18.5 Å². The van der Waals surface area contributed by atoms with Crippen molar-refractivity contribution in [1.82, 2.24) is 10.2 Å². The van der Waals surface area contributed by atoms with E-state index in [1.807, 2.05) is 23.8 Å². The first-order valence-electron chi connectivity index (χ1n) is 5.77. The molecule has 100 valence electrons. The van der Waals surface area contributed by atoms with Crippen molar-refractivity contribution in [2.75, 3.05) is 7.05 Å². The minimum absolute atomic E-state index is 0.0471. The molecule has 6 heteroatoms. The van der Waals surface area contributed by atoms with E-state index >= 15 is 0 Å². The summed E-state index contributed by atoms with van der Waals surface area (Å²) >= 11 is 1.58. The van der Waals surface area contributed by atoms with E-state index < -0.39 is 5.97 Å². The van der Waals surface area contributed by atoms with E-state index in [2.05, 4.69) is 5.32 Å². The number of thiophene rings is 1. The SMILES string of the molecule is CCC(CC(=O)O)NC(=O)N(C)Cc1ccsc1. The van der Waals surface area contributed by atoms with Gasteiger partial charge in [-0.05, 0) is 28.8 Å². The maximum atomic E-state index is 11.8. The summed E-state index contributed by atoms with van der Waals surface area (Å²) in [6, 6.07) is 1.40. The number of carbonyl (C=O) groups excluding carboxylic acids is 1. The molecule has 0 spiro atoms. The van der Waals surface area contributed by atoms with Gasteiger partial charge in [-0.25, -0.2) is 4.79 Å². The molecule has 0 bridgehead atoms. The van der Waals surface area contributed by atoms with Crippen LogP contribution in [0.2, 0.25) is 0 Å². The minimum Gasteiger partial charge on any atom is -0.481 e. The molecule has 2 amide bonds. The van der Waals surface area contributed by atoms with Gasteiger partial charge in [0.05, 0.1) is 6.42 Å². The number of nitrogens with one attached hydrogen (secondary N) is 1. The fourth-order valence-corrected chi connectivity index (χ4v) is 2.18. The van der Waals surface area contributed by atoms with Gasteiger partial charge in [-0.3, -0.25) is 4.79 Å². The Hall–Kier alpha value is -1.56. The van der Waals surface area contributed by atoms with Crippen LogP contribution < -0.4 is 5.32 Å². The molecule has 1 atom stereocenters. The van der Waals surface area contributed by atoms with Crippen LogP contribution in [0.4, 0.5) is 4.79 Å². The summed E-state index contributed by atoms with van der Waals surface area (Å²) in [5, 5.41) is 15.4. The summed E-state index contributed by atoms with van der Waals surface area (Å²) in [6.07, 6.45) is 0.554. The van der Waals surface area contributed by atoms with E-state index in [0.717, 1.165) is 5.56 Å².